The minimum atomic E-state index is 0.760. The van der Waals surface area contributed by atoms with Gasteiger partial charge in [0.05, 0.1) is 7.11 Å². The number of hydrogen-bond donors (Lipinski definition) is 2. The van der Waals surface area contributed by atoms with Crippen LogP contribution in [0.15, 0.2) is 24.3 Å². The van der Waals surface area contributed by atoms with Crippen LogP contribution in [0.2, 0.25) is 0 Å². The summed E-state index contributed by atoms with van der Waals surface area (Å²) in [5, 5.41) is 1.08. The number of anilines is 1. The highest BCUT2D eigenvalue weighted by atomic mass is 16.5. The molecule has 0 fully saturated rings. The number of nitrogen functional groups attached to an aromatic ring is 1. The highest BCUT2D eigenvalue weighted by Gasteiger charge is 1.99. The Kier molecular flexibility index (Phi) is 1.43. The summed E-state index contributed by atoms with van der Waals surface area (Å²) in [4.78, 5) is 3.09. The largest absolute Gasteiger partial charge is 0.482 e. The quantitative estimate of drug-likeness (QED) is 0.628. The Labute approximate surface area is 70.1 Å². The van der Waals surface area contributed by atoms with Crippen LogP contribution in [0, 0.1) is 0 Å². The van der Waals surface area contributed by atoms with Crippen LogP contribution in [0.1, 0.15) is 0 Å². The van der Waals surface area contributed by atoms with Gasteiger partial charge in [-0.1, -0.05) is 0 Å². The monoisotopic (exact) mass is 162 g/mol. The van der Waals surface area contributed by atoms with Crippen molar-refractivity contribution >= 4 is 16.6 Å². The molecule has 62 valence electrons. The second-order valence-corrected chi connectivity index (χ2v) is 2.68. The van der Waals surface area contributed by atoms with E-state index in [1.165, 1.54) is 0 Å². The lowest BCUT2D eigenvalue weighted by Gasteiger charge is -1.91. The number of aromatic nitrogens is 1. The molecule has 0 spiro atoms. The molecule has 0 amide bonds. The van der Waals surface area contributed by atoms with Gasteiger partial charge in [0.15, 0.2) is 5.88 Å². The SMILES string of the molecule is COc1cc2cc(N)ccc2[nH]1. The summed E-state index contributed by atoms with van der Waals surface area (Å²) >= 11 is 0. The van der Waals surface area contributed by atoms with Crippen molar-refractivity contribution in [3.63, 3.8) is 0 Å². The van der Waals surface area contributed by atoms with E-state index in [4.69, 9.17) is 10.5 Å². The topological polar surface area (TPSA) is 51.0 Å². The number of H-pyrrole nitrogens is 1. The fourth-order valence-electron chi connectivity index (χ4n) is 1.23. The Morgan fingerprint density at radius 1 is 1.33 bits per heavy atom. The summed E-state index contributed by atoms with van der Waals surface area (Å²) < 4.78 is 5.04. The lowest BCUT2D eigenvalue weighted by Crippen LogP contribution is -1.81. The molecule has 2 aromatic rings. The number of ether oxygens (including phenoxy) is 1. The normalized spacial score (nSPS) is 10.4. The molecular weight excluding hydrogens is 152 g/mol. The van der Waals surface area contributed by atoms with Gasteiger partial charge < -0.3 is 15.5 Å². The van der Waals surface area contributed by atoms with Crippen molar-refractivity contribution in [3.8, 4) is 5.88 Å². The van der Waals surface area contributed by atoms with Gasteiger partial charge in [0.1, 0.15) is 0 Å². The minimum Gasteiger partial charge on any atom is -0.482 e. The van der Waals surface area contributed by atoms with Crippen molar-refractivity contribution in [3.05, 3.63) is 24.3 Å². The smallest absolute Gasteiger partial charge is 0.191 e. The van der Waals surface area contributed by atoms with E-state index in [1.807, 2.05) is 24.3 Å². The fourth-order valence-corrected chi connectivity index (χ4v) is 1.23. The van der Waals surface area contributed by atoms with E-state index in [2.05, 4.69) is 4.98 Å². The van der Waals surface area contributed by atoms with Crippen molar-refractivity contribution < 1.29 is 4.74 Å². The number of nitrogens with two attached hydrogens (primary N) is 1. The highest BCUT2D eigenvalue weighted by Crippen LogP contribution is 2.21. The lowest BCUT2D eigenvalue weighted by atomic mass is 10.2. The summed E-state index contributed by atoms with van der Waals surface area (Å²) in [5.41, 5.74) is 7.43. The molecule has 0 atom stereocenters. The molecular formula is C9H10N2O. The fraction of sp³-hybridized carbons (Fsp3) is 0.111. The van der Waals surface area contributed by atoms with E-state index in [0.717, 1.165) is 22.5 Å². The molecule has 0 unspecified atom stereocenters. The predicted molar refractivity (Wildman–Crippen MR) is 49.3 cm³/mol. The van der Waals surface area contributed by atoms with Crippen molar-refractivity contribution in [2.45, 2.75) is 0 Å². The van der Waals surface area contributed by atoms with E-state index in [9.17, 15) is 0 Å². The van der Waals surface area contributed by atoms with E-state index in [-0.39, 0.29) is 0 Å². The molecule has 3 N–H and O–H groups in total. The Morgan fingerprint density at radius 3 is 2.92 bits per heavy atom. The minimum absolute atomic E-state index is 0.760. The molecule has 0 radical (unpaired) electrons. The third kappa shape index (κ3) is 0.993. The summed E-state index contributed by atoms with van der Waals surface area (Å²) in [7, 11) is 1.63. The Balaban J connectivity index is 2.67. The molecule has 1 aromatic heterocycles. The third-order valence-corrected chi connectivity index (χ3v) is 1.84. The molecule has 1 aromatic carbocycles. The first-order valence-corrected chi connectivity index (χ1v) is 3.72. The Morgan fingerprint density at radius 2 is 2.17 bits per heavy atom. The maximum atomic E-state index is 5.62. The van der Waals surface area contributed by atoms with Crippen molar-refractivity contribution in [2.24, 2.45) is 0 Å². The summed E-state index contributed by atoms with van der Waals surface area (Å²) in [6.07, 6.45) is 0. The van der Waals surface area contributed by atoms with Crippen LogP contribution in [0.25, 0.3) is 10.9 Å². The Bertz CT molecular complexity index is 406. The van der Waals surface area contributed by atoms with E-state index >= 15 is 0 Å². The van der Waals surface area contributed by atoms with Gasteiger partial charge in [-0.15, -0.1) is 0 Å². The molecule has 0 bridgehead atoms. The zero-order chi connectivity index (χ0) is 8.55. The number of benzene rings is 1. The van der Waals surface area contributed by atoms with Crippen LogP contribution in [0.4, 0.5) is 5.69 Å². The zero-order valence-electron chi connectivity index (χ0n) is 6.79. The molecule has 2 rings (SSSR count). The van der Waals surface area contributed by atoms with Crippen LogP contribution < -0.4 is 10.5 Å². The maximum absolute atomic E-state index is 5.62. The van der Waals surface area contributed by atoms with Gasteiger partial charge in [-0.3, -0.25) is 0 Å². The summed E-state index contributed by atoms with van der Waals surface area (Å²) in [6.45, 7) is 0. The van der Waals surface area contributed by atoms with Crippen LogP contribution in [-0.2, 0) is 0 Å². The van der Waals surface area contributed by atoms with Crippen molar-refractivity contribution in [1.82, 2.24) is 4.98 Å². The number of hydrogen-bond acceptors (Lipinski definition) is 2. The first-order chi connectivity index (χ1) is 5.79. The third-order valence-electron chi connectivity index (χ3n) is 1.84. The van der Waals surface area contributed by atoms with Crippen molar-refractivity contribution in [1.29, 1.82) is 0 Å². The van der Waals surface area contributed by atoms with Crippen LogP contribution in [0.5, 0.6) is 5.88 Å². The van der Waals surface area contributed by atoms with Crippen LogP contribution in [0.3, 0.4) is 0 Å². The second-order valence-electron chi connectivity index (χ2n) is 2.68. The molecule has 3 heteroatoms. The first kappa shape index (κ1) is 7.03. The molecule has 0 aliphatic heterocycles. The molecule has 12 heavy (non-hydrogen) atoms. The van der Waals surface area contributed by atoms with Gasteiger partial charge in [0, 0.05) is 22.7 Å². The van der Waals surface area contributed by atoms with Crippen LogP contribution in [-0.4, -0.2) is 12.1 Å². The predicted octanol–water partition coefficient (Wildman–Crippen LogP) is 1.76. The average molecular weight is 162 g/mol. The standard InChI is InChI=1S/C9H10N2O/c1-12-9-5-6-4-7(10)2-3-8(6)11-9/h2-5,11H,10H2,1H3. The van der Waals surface area contributed by atoms with Crippen molar-refractivity contribution in [2.75, 3.05) is 12.8 Å². The molecule has 0 aliphatic rings. The van der Waals surface area contributed by atoms with E-state index in [1.54, 1.807) is 7.11 Å². The highest BCUT2D eigenvalue weighted by molar-refractivity contribution is 5.84. The molecule has 1 heterocycles. The molecule has 0 saturated heterocycles. The second kappa shape index (κ2) is 2.44. The molecule has 3 nitrogen and oxygen atoms in total. The van der Waals surface area contributed by atoms with Gasteiger partial charge in [-0.05, 0) is 18.2 Å². The van der Waals surface area contributed by atoms with Gasteiger partial charge in [-0.25, -0.2) is 0 Å². The maximum Gasteiger partial charge on any atom is 0.191 e. The van der Waals surface area contributed by atoms with Gasteiger partial charge in [0.2, 0.25) is 0 Å². The number of rotatable bonds is 1. The number of aromatic amines is 1. The first-order valence-electron chi connectivity index (χ1n) is 3.72. The molecule has 0 saturated carbocycles. The molecule has 0 aliphatic carbocycles. The van der Waals surface area contributed by atoms with Gasteiger partial charge in [-0.2, -0.15) is 0 Å². The average Bonchev–Trinajstić information content (AvgIpc) is 2.46. The van der Waals surface area contributed by atoms with Gasteiger partial charge in [0.25, 0.3) is 0 Å². The number of fused-ring (bicyclic) bond motifs is 1. The van der Waals surface area contributed by atoms with E-state index < -0.39 is 0 Å². The number of methoxy groups -OCH3 is 1. The van der Waals surface area contributed by atoms with E-state index in [0.29, 0.717) is 0 Å². The zero-order valence-corrected chi connectivity index (χ0v) is 6.79. The Hall–Kier alpha value is -1.64. The summed E-state index contributed by atoms with van der Waals surface area (Å²) in [6, 6.07) is 7.63. The number of nitrogens with one attached hydrogen (secondary N) is 1. The van der Waals surface area contributed by atoms with Gasteiger partial charge >= 0.3 is 0 Å². The van der Waals surface area contributed by atoms with Crippen LogP contribution >= 0.6 is 0 Å². The summed E-state index contributed by atoms with van der Waals surface area (Å²) in [5.74, 6) is 0.760. The lowest BCUT2D eigenvalue weighted by molar-refractivity contribution is 0.401.